The molecule has 0 aromatic carbocycles. The third kappa shape index (κ3) is 2.57. The van der Waals surface area contributed by atoms with Crippen LogP contribution in [0.5, 0.6) is 0 Å². The number of aliphatic hydroxyl groups is 2. The molecule has 0 bridgehead atoms. The molecule has 0 saturated carbocycles. The standard InChI is InChI=1S/C12H17NO5.K/c1-5-7(3-4-14)10-8(6(2)15)11(16)13(10)9(5)12(17)18;/h6-8,10,14-15H,3-4H2,1-2H3,(H,17,18);/q;+1/p-1/t6-,7-,8-,10-;/m1./s1. The zero-order valence-electron chi connectivity index (χ0n) is 11.3. The second kappa shape index (κ2) is 6.34. The van der Waals surface area contributed by atoms with E-state index >= 15 is 0 Å². The Kier molecular flexibility index (Phi) is 5.77. The van der Waals surface area contributed by atoms with E-state index in [4.69, 9.17) is 5.11 Å². The van der Waals surface area contributed by atoms with E-state index in [1.165, 1.54) is 11.8 Å². The van der Waals surface area contributed by atoms with Crippen LogP contribution in [0.25, 0.3) is 0 Å². The van der Waals surface area contributed by atoms with Crippen LogP contribution in [0.3, 0.4) is 0 Å². The van der Waals surface area contributed by atoms with Crippen LogP contribution >= 0.6 is 0 Å². The molecule has 1 amide bonds. The van der Waals surface area contributed by atoms with E-state index in [9.17, 15) is 19.8 Å². The van der Waals surface area contributed by atoms with Gasteiger partial charge in [0.05, 0.1) is 29.7 Å². The summed E-state index contributed by atoms with van der Waals surface area (Å²) in [6, 6.07) is -0.363. The van der Waals surface area contributed by atoms with Crippen molar-refractivity contribution < 1.29 is 76.3 Å². The zero-order chi connectivity index (χ0) is 13.6. The van der Waals surface area contributed by atoms with Crippen molar-refractivity contribution in [2.45, 2.75) is 32.4 Å². The largest absolute Gasteiger partial charge is 1.00 e. The van der Waals surface area contributed by atoms with Gasteiger partial charge in [-0.05, 0) is 25.8 Å². The predicted octanol–water partition coefficient (Wildman–Crippen LogP) is -4.77. The number of hydrogen-bond acceptors (Lipinski definition) is 5. The summed E-state index contributed by atoms with van der Waals surface area (Å²) in [7, 11) is 0. The van der Waals surface area contributed by atoms with Crippen LogP contribution in [-0.2, 0) is 9.59 Å². The quantitative estimate of drug-likeness (QED) is 0.400. The third-order valence-corrected chi connectivity index (χ3v) is 3.92. The first-order valence-electron chi connectivity index (χ1n) is 5.96. The van der Waals surface area contributed by atoms with Crippen molar-refractivity contribution in [3.05, 3.63) is 11.3 Å². The van der Waals surface area contributed by atoms with Gasteiger partial charge in [-0.2, -0.15) is 0 Å². The molecule has 6 nitrogen and oxygen atoms in total. The number of aliphatic carboxylic acids is 1. The van der Waals surface area contributed by atoms with Gasteiger partial charge in [0, 0.05) is 12.5 Å². The molecule has 0 radical (unpaired) electrons. The van der Waals surface area contributed by atoms with Crippen LogP contribution in [0.4, 0.5) is 0 Å². The van der Waals surface area contributed by atoms with Gasteiger partial charge in [-0.15, -0.1) is 0 Å². The molecule has 0 aromatic heterocycles. The normalized spacial score (nSPS) is 30.6. The first-order chi connectivity index (χ1) is 8.41. The molecule has 2 aliphatic heterocycles. The van der Waals surface area contributed by atoms with E-state index < -0.39 is 18.0 Å². The number of carbonyl (C=O) groups excluding carboxylic acids is 2. The molecule has 0 unspecified atom stereocenters. The third-order valence-electron chi connectivity index (χ3n) is 3.92. The fourth-order valence-electron chi connectivity index (χ4n) is 3.12. The Morgan fingerprint density at radius 1 is 1.53 bits per heavy atom. The molecule has 1 fully saturated rings. The SMILES string of the molecule is CC1=C(C(=O)[O-])N2C(=O)[C@H]([C@@H](C)O)[C@H]2[C@@H]1CCO.[K+]. The molecule has 4 atom stereocenters. The number of β-lactam (4-membered cyclic amide) rings is 1. The fourth-order valence-corrected chi connectivity index (χ4v) is 3.12. The van der Waals surface area contributed by atoms with E-state index in [0.717, 1.165) is 0 Å². The number of amides is 1. The number of carboxylic acids is 1. The molecule has 0 aliphatic carbocycles. The summed E-state index contributed by atoms with van der Waals surface area (Å²) >= 11 is 0. The van der Waals surface area contributed by atoms with Gasteiger partial charge in [-0.3, -0.25) is 4.79 Å². The average Bonchev–Trinajstić information content (AvgIpc) is 2.50. The molecule has 1 saturated heterocycles. The number of rotatable bonds is 4. The van der Waals surface area contributed by atoms with Crippen molar-refractivity contribution in [1.29, 1.82) is 0 Å². The van der Waals surface area contributed by atoms with Gasteiger partial charge in [0.2, 0.25) is 5.91 Å². The minimum Gasteiger partial charge on any atom is -0.543 e. The van der Waals surface area contributed by atoms with Gasteiger partial charge < -0.3 is 25.0 Å². The van der Waals surface area contributed by atoms with Crippen molar-refractivity contribution in [1.82, 2.24) is 4.90 Å². The van der Waals surface area contributed by atoms with E-state index in [-0.39, 0.29) is 81.6 Å². The monoisotopic (exact) mass is 293 g/mol. The summed E-state index contributed by atoms with van der Waals surface area (Å²) in [5.41, 5.74) is 0.450. The number of aliphatic hydroxyl groups excluding tert-OH is 2. The van der Waals surface area contributed by atoms with Crippen molar-refractivity contribution in [2.75, 3.05) is 6.61 Å². The van der Waals surface area contributed by atoms with Crippen LogP contribution < -0.4 is 56.5 Å². The average molecular weight is 293 g/mol. The maximum atomic E-state index is 11.9. The molecule has 19 heavy (non-hydrogen) atoms. The molecular formula is C12H16KNO5. The predicted molar refractivity (Wildman–Crippen MR) is 58.7 cm³/mol. The van der Waals surface area contributed by atoms with Crippen LogP contribution in [0.2, 0.25) is 0 Å². The molecule has 0 aromatic rings. The van der Waals surface area contributed by atoms with Gasteiger partial charge in [0.15, 0.2) is 0 Å². The van der Waals surface area contributed by atoms with Gasteiger partial charge in [0.25, 0.3) is 0 Å². The molecule has 2 aliphatic rings. The Morgan fingerprint density at radius 3 is 2.53 bits per heavy atom. The Hall–Kier alpha value is 0.236. The van der Waals surface area contributed by atoms with Crippen molar-refractivity contribution in [3.63, 3.8) is 0 Å². The summed E-state index contributed by atoms with van der Waals surface area (Å²) < 4.78 is 0. The summed E-state index contributed by atoms with van der Waals surface area (Å²) in [4.78, 5) is 24.2. The topological polar surface area (TPSA) is 101 Å². The summed E-state index contributed by atoms with van der Waals surface area (Å²) in [6.45, 7) is 3.06. The second-order valence-corrected chi connectivity index (χ2v) is 4.90. The van der Waals surface area contributed by atoms with Gasteiger partial charge in [0.1, 0.15) is 0 Å². The van der Waals surface area contributed by atoms with E-state index in [1.54, 1.807) is 6.92 Å². The first-order valence-corrected chi connectivity index (χ1v) is 5.96. The maximum Gasteiger partial charge on any atom is 1.00 e. The summed E-state index contributed by atoms with van der Waals surface area (Å²) in [6.07, 6.45) is -0.450. The van der Waals surface area contributed by atoms with Crippen LogP contribution in [0.15, 0.2) is 11.3 Å². The Morgan fingerprint density at radius 2 is 2.11 bits per heavy atom. The molecule has 100 valence electrons. The molecule has 2 heterocycles. The van der Waals surface area contributed by atoms with E-state index in [0.29, 0.717) is 12.0 Å². The van der Waals surface area contributed by atoms with Crippen molar-refractivity contribution in [3.8, 4) is 0 Å². The molecule has 0 spiro atoms. The smallest absolute Gasteiger partial charge is 0.543 e. The van der Waals surface area contributed by atoms with Crippen molar-refractivity contribution >= 4 is 11.9 Å². The van der Waals surface area contributed by atoms with Crippen LogP contribution in [-0.4, -0.2) is 45.7 Å². The zero-order valence-corrected chi connectivity index (χ0v) is 14.4. The minimum atomic E-state index is -1.38. The molecule has 7 heteroatoms. The molecular weight excluding hydrogens is 277 g/mol. The van der Waals surface area contributed by atoms with E-state index in [2.05, 4.69) is 0 Å². The molecule has 2 N–H and O–H groups in total. The maximum absolute atomic E-state index is 11.9. The Balaban J connectivity index is 0.00000180. The van der Waals surface area contributed by atoms with E-state index in [1.807, 2.05) is 0 Å². The molecule has 2 rings (SSSR count). The first kappa shape index (κ1) is 17.3. The number of fused-ring (bicyclic) bond motifs is 1. The number of nitrogens with zero attached hydrogens (tertiary/aromatic N) is 1. The number of carboxylic acid groups (broad SMARTS) is 1. The Bertz CT molecular complexity index is 434. The minimum absolute atomic E-state index is 0. The van der Waals surface area contributed by atoms with Gasteiger partial charge in [-0.25, -0.2) is 0 Å². The Labute approximate surface area is 153 Å². The second-order valence-electron chi connectivity index (χ2n) is 4.90. The number of hydrogen-bond donors (Lipinski definition) is 2. The number of carbonyl (C=O) groups is 2. The van der Waals surface area contributed by atoms with Crippen molar-refractivity contribution in [2.24, 2.45) is 11.8 Å². The van der Waals surface area contributed by atoms with Crippen LogP contribution in [0, 0.1) is 11.8 Å². The van der Waals surface area contributed by atoms with Crippen LogP contribution in [0.1, 0.15) is 20.3 Å². The van der Waals surface area contributed by atoms with Gasteiger partial charge in [-0.1, -0.05) is 0 Å². The van der Waals surface area contributed by atoms with Gasteiger partial charge >= 0.3 is 51.4 Å². The summed E-state index contributed by atoms with van der Waals surface area (Å²) in [5, 5.41) is 29.7. The fraction of sp³-hybridized carbons (Fsp3) is 0.667. The summed E-state index contributed by atoms with van der Waals surface area (Å²) in [5.74, 6) is -2.57.